The maximum Gasteiger partial charge on any atom is 0.257 e. The Hall–Kier alpha value is -1.32. The van der Waals surface area contributed by atoms with E-state index in [2.05, 4.69) is 18.9 Å². The van der Waals surface area contributed by atoms with Gasteiger partial charge in [-0.15, -0.1) is 0 Å². The van der Waals surface area contributed by atoms with Crippen molar-refractivity contribution < 1.29 is 4.79 Å². The number of hydrogen-bond donors (Lipinski definition) is 0. The lowest BCUT2D eigenvalue weighted by Crippen LogP contribution is -2.29. The van der Waals surface area contributed by atoms with Crippen LogP contribution in [0.1, 0.15) is 48.4 Å². The third kappa shape index (κ3) is 2.42. The largest absolute Gasteiger partial charge is 0.339 e. The Morgan fingerprint density at radius 3 is 2.50 bits per heavy atom. The molecule has 0 unspecified atom stereocenters. The normalized spacial score (nSPS) is 15.7. The third-order valence-electron chi connectivity index (χ3n) is 3.62. The molecule has 100 valence electrons. The van der Waals surface area contributed by atoms with Crippen molar-refractivity contribution in [1.82, 2.24) is 14.7 Å². The van der Waals surface area contributed by atoms with E-state index in [9.17, 15) is 4.79 Å². The molecule has 1 aromatic rings. The molecule has 2 rings (SSSR count). The Morgan fingerprint density at radius 2 is 1.94 bits per heavy atom. The van der Waals surface area contributed by atoms with Gasteiger partial charge in [-0.3, -0.25) is 9.48 Å². The lowest BCUT2D eigenvalue weighted by Gasteiger charge is -2.16. The predicted octanol–water partition coefficient (Wildman–Crippen LogP) is 2.16. The van der Waals surface area contributed by atoms with E-state index in [1.54, 1.807) is 0 Å². The van der Waals surface area contributed by atoms with E-state index in [1.165, 1.54) is 0 Å². The topological polar surface area (TPSA) is 38.1 Å². The van der Waals surface area contributed by atoms with Gasteiger partial charge in [0.25, 0.3) is 5.91 Å². The molecule has 1 fully saturated rings. The SMILES string of the molecule is Cc1c(C(=O)N2CCCC2)c(CC(C)C)nn1C. The summed E-state index contributed by atoms with van der Waals surface area (Å²) in [6.45, 7) is 8.10. The minimum Gasteiger partial charge on any atom is -0.339 e. The standard InChI is InChI=1S/C14H23N3O/c1-10(2)9-12-13(11(3)16(4)15-12)14(18)17-7-5-6-8-17/h10H,5-9H2,1-4H3. The zero-order chi connectivity index (χ0) is 13.3. The Bertz CT molecular complexity index is 442. The Balaban J connectivity index is 2.32. The van der Waals surface area contributed by atoms with Gasteiger partial charge in [0.1, 0.15) is 0 Å². The second-order valence-electron chi connectivity index (χ2n) is 5.63. The van der Waals surface area contributed by atoms with E-state index in [-0.39, 0.29) is 5.91 Å². The van der Waals surface area contributed by atoms with Gasteiger partial charge < -0.3 is 4.90 Å². The predicted molar refractivity (Wildman–Crippen MR) is 71.6 cm³/mol. The molecule has 0 saturated carbocycles. The van der Waals surface area contributed by atoms with Gasteiger partial charge in [0.2, 0.25) is 0 Å². The summed E-state index contributed by atoms with van der Waals surface area (Å²) in [6.07, 6.45) is 3.13. The number of nitrogens with zero attached hydrogens (tertiary/aromatic N) is 3. The minimum absolute atomic E-state index is 0.175. The quantitative estimate of drug-likeness (QED) is 0.823. The molecule has 1 aliphatic heterocycles. The van der Waals surface area contributed by atoms with Gasteiger partial charge in [0.15, 0.2) is 0 Å². The molecule has 0 aliphatic carbocycles. The highest BCUT2D eigenvalue weighted by Gasteiger charge is 2.26. The van der Waals surface area contributed by atoms with Crippen molar-refractivity contribution in [2.24, 2.45) is 13.0 Å². The summed E-state index contributed by atoms with van der Waals surface area (Å²) in [6, 6.07) is 0. The Labute approximate surface area is 109 Å². The van der Waals surface area contributed by atoms with Gasteiger partial charge in [0, 0.05) is 25.8 Å². The van der Waals surface area contributed by atoms with Crippen LogP contribution in [-0.2, 0) is 13.5 Å². The molecule has 1 aromatic heterocycles. The average Bonchev–Trinajstić information content (AvgIpc) is 2.88. The van der Waals surface area contributed by atoms with Crippen LogP contribution in [0.5, 0.6) is 0 Å². The molecule has 18 heavy (non-hydrogen) atoms. The van der Waals surface area contributed by atoms with Crippen LogP contribution in [0.4, 0.5) is 0 Å². The van der Waals surface area contributed by atoms with Gasteiger partial charge in [-0.2, -0.15) is 5.10 Å². The first-order valence-electron chi connectivity index (χ1n) is 6.82. The second-order valence-corrected chi connectivity index (χ2v) is 5.63. The number of carbonyl (C=O) groups excluding carboxylic acids is 1. The smallest absolute Gasteiger partial charge is 0.257 e. The van der Waals surface area contributed by atoms with E-state index >= 15 is 0 Å². The number of amides is 1. The maximum absolute atomic E-state index is 12.6. The highest BCUT2D eigenvalue weighted by molar-refractivity contribution is 5.96. The van der Waals surface area contributed by atoms with Crippen LogP contribution >= 0.6 is 0 Å². The highest BCUT2D eigenvalue weighted by Crippen LogP contribution is 2.21. The van der Waals surface area contributed by atoms with Gasteiger partial charge in [-0.1, -0.05) is 13.8 Å². The minimum atomic E-state index is 0.175. The number of aromatic nitrogens is 2. The van der Waals surface area contributed by atoms with Crippen molar-refractivity contribution in [1.29, 1.82) is 0 Å². The zero-order valence-corrected chi connectivity index (χ0v) is 11.9. The molecular weight excluding hydrogens is 226 g/mol. The van der Waals surface area contributed by atoms with Crippen LogP contribution < -0.4 is 0 Å². The lowest BCUT2D eigenvalue weighted by atomic mass is 10.0. The number of aryl methyl sites for hydroxylation is 1. The third-order valence-corrected chi connectivity index (χ3v) is 3.62. The van der Waals surface area contributed by atoms with Gasteiger partial charge in [-0.05, 0) is 32.1 Å². The molecule has 0 atom stereocenters. The fraction of sp³-hybridized carbons (Fsp3) is 0.714. The summed E-state index contributed by atoms with van der Waals surface area (Å²) in [5, 5.41) is 4.51. The van der Waals surface area contributed by atoms with Crippen LogP contribution in [0, 0.1) is 12.8 Å². The fourth-order valence-corrected chi connectivity index (χ4v) is 2.56. The molecule has 0 N–H and O–H groups in total. The van der Waals surface area contributed by atoms with Crippen LogP contribution in [-0.4, -0.2) is 33.7 Å². The van der Waals surface area contributed by atoms with E-state index in [0.717, 1.165) is 49.3 Å². The van der Waals surface area contributed by atoms with Crippen LogP contribution in [0.25, 0.3) is 0 Å². The van der Waals surface area contributed by atoms with Gasteiger partial charge in [-0.25, -0.2) is 0 Å². The lowest BCUT2D eigenvalue weighted by molar-refractivity contribution is 0.0790. The Kier molecular flexibility index (Phi) is 3.73. The highest BCUT2D eigenvalue weighted by atomic mass is 16.2. The number of likely N-dealkylation sites (tertiary alicyclic amines) is 1. The number of carbonyl (C=O) groups is 1. The molecule has 1 aliphatic rings. The average molecular weight is 249 g/mol. The molecule has 0 bridgehead atoms. The molecule has 4 nitrogen and oxygen atoms in total. The molecule has 0 aromatic carbocycles. The summed E-state index contributed by atoms with van der Waals surface area (Å²) in [4.78, 5) is 14.5. The summed E-state index contributed by atoms with van der Waals surface area (Å²) < 4.78 is 1.83. The molecule has 0 spiro atoms. The molecule has 2 heterocycles. The van der Waals surface area contributed by atoms with Crippen LogP contribution in [0.2, 0.25) is 0 Å². The maximum atomic E-state index is 12.6. The van der Waals surface area contributed by atoms with E-state index in [1.807, 2.05) is 23.6 Å². The fourth-order valence-electron chi connectivity index (χ4n) is 2.56. The van der Waals surface area contributed by atoms with Gasteiger partial charge in [0.05, 0.1) is 11.3 Å². The monoisotopic (exact) mass is 249 g/mol. The van der Waals surface area contributed by atoms with E-state index in [4.69, 9.17) is 0 Å². The first-order valence-corrected chi connectivity index (χ1v) is 6.82. The summed E-state index contributed by atoms with van der Waals surface area (Å²) in [5.41, 5.74) is 2.79. The zero-order valence-electron chi connectivity index (χ0n) is 11.9. The summed E-state index contributed by atoms with van der Waals surface area (Å²) >= 11 is 0. The molecule has 4 heteroatoms. The first kappa shape index (κ1) is 13.1. The number of rotatable bonds is 3. The van der Waals surface area contributed by atoms with Crippen molar-refractivity contribution in [3.05, 3.63) is 17.0 Å². The van der Waals surface area contributed by atoms with E-state index < -0.39 is 0 Å². The molecule has 0 radical (unpaired) electrons. The van der Waals surface area contributed by atoms with Crippen molar-refractivity contribution in [2.75, 3.05) is 13.1 Å². The van der Waals surface area contributed by atoms with Crippen molar-refractivity contribution in [2.45, 2.75) is 40.0 Å². The number of hydrogen-bond acceptors (Lipinski definition) is 2. The van der Waals surface area contributed by atoms with E-state index in [0.29, 0.717) is 5.92 Å². The summed E-state index contributed by atoms with van der Waals surface area (Å²) in [5.74, 6) is 0.693. The summed E-state index contributed by atoms with van der Waals surface area (Å²) in [7, 11) is 1.92. The van der Waals surface area contributed by atoms with Crippen molar-refractivity contribution in [3.8, 4) is 0 Å². The van der Waals surface area contributed by atoms with Crippen LogP contribution in [0.3, 0.4) is 0 Å². The van der Waals surface area contributed by atoms with Gasteiger partial charge >= 0.3 is 0 Å². The van der Waals surface area contributed by atoms with Crippen LogP contribution in [0.15, 0.2) is 0 Å². The first-order chi connectivity index (χ1) is 8.50. The molecule has 1 saturated heterocycles. The Morgan fingerprint density at radius 1 is 1.33 bits per heavy atom. The molecule has 1 amide bonds. The van der Waals surface area contributed by atoms with Crippen molar-refractivity contribution in [3.63, 3.8) is 0 Å². The van der Waals surface area contributed by atoms with Crippen molar-refractivity contribution >= 4 is 5.91 Å². The second kappa shape index (κ2) is 5.12. The molecular formula is C14H23N3O.